The molecule has 3 amide bonds. The van der Waals surface area contributed by atoms with Gasteiger partial charge in [-0.3, -0.25) is 25.2 Å². The van der Waals surface area contributed by atoms with Crippen molar-refractivity contribution in [1.82, 2.24) is 26.1 Å². The predicted octanol–water partition coefficient (Wildman–Crippen LogP) is 2.78. The Morgan fingerprint density at radius 3 is 2.39 bits per heavy atom. The zero-order valence-corrected chi connectivity index (χ0v) is 18.4. The minimum Gasteiger partial charge on any atom is -0.347 e. The van der Waals surface area contributed by atoms with Gasteiger partial charge in [0.05, 0.1) is 17.6 Å². The number of amides is 3. The number of aromatic nitrogens is 2. The van der Waals surface area contributed by atoms with Crippen LogP contribution >= 0.6 is 11.8 Å². The molecule has 0 radical (unpaired) electrons. The van der Waals surface area contributed by atoms with Crippen LogP contribution in [0.4, 0.5) is 0 Å². The molecule has 0 saturated carbocycles. The third-order valence-corrected chi connectivity index (χ3v) is 5.31. The zero-order chi connectivity index (χ0) is 22.4. The Morgan fingerprint density at radius 2 is 1.71 bits per heavy atom. The summed E-state index contributed by atoms with van der Waals surface area (Å²) in [5.74, 6) is -0.492. The molecule has 0 aliphatic carbocycles. The van der Waals surface area contributed by atoms with Crippen molar-refractivity contribution in [2.75, 3.05) is 6.54 Å². The number of nitrogens with zero attached hydrogens (tertiary/aromatic N) is 1. The molecule has 31 heavy (non-hydrogen) atoms. The van der Waals surface area contributed by atoms with Crippen LogP contribution in [0.2, 0.25) is 0 Å². The second kappa shape index (κ2) is 9.65. The summed E-state index contributed by atoms with van der Waals surface area (Å²) in [6, 6.07) is 15.0. The molecule has 2 aromatic carbocycles. The van der Waals surface area contributed by atoms with Gasteiger partial charge in [0.25, 0.3) is 11.8 Å². The first-order chi connectivity index (χ1) is 14.7. The Bertz CT molecular complexity index is 1050. The van der Waals surface area contributed by atoms with Gasteiger partial charge >= 0.3 is 0 Å². The summed E-state index contributed by atoms with van der Waals surface area (Å²) in [5.41, 5.74) is 7.42. The molecular weight excluding hydrogens is 414 g/mol. The summed E-state index contributed by atoms with van der Waals surface area (Å²) in [7, 11) is 0. The Morgan fingerprint density at radius 1 is 1.00 bits per heavy atom. The van der Waals surface area contributed by atoms with Crippen molar-refractivity contribution < 1.29 is 14.4 Å². The highest BCUT2D eigenvalue weighted by Gasteiger charge is 2.21. The molecule has 8 nitrogen and oxygen atoms in total. The fourth-order valence-electron chi connectivity index (χ4n) is 2.57. The number of aromatic amines is 1. The molecule has 0 saturated heterocycles. The molecule has 0 bridgehead atoms. The first-order valence-electron chi connectivity index (χ1n) is 9.76. The largest absolute Gasteiger partial charge is 0.347 e. The molecular formula is C22H25N5O3S. The number of benzene rings is 2. The van der Waals surface area contributed by atoms with Gasteiger partial charge < -0.3 is 10.3 Å². The van der Waals surface area contributed by atoms with Crippen molar-refractivity contribution in [3.8, 4) is 0 Å². The molecule has 1 heterocycles. The number of hydrogen-bond donors (Lipinski definition) is 4. The Hall–Kier alpha value is -3.33. The normalized spacial score (nSPS) is 11.2. The van der Waals surface area contributed by atoms with E-state index in [2.05, 4.69) is 26.1 Å². The lowest BCUT2D eigenvalue weighted by atomic mass is 9.96. The number of fused-ring (bicyclic) bond motifs is 1. The summed E-state index contributed by atoms with van der Waals surface area (Å²) >= 11 is 1.58. The van der Waals surface area contributed by atoms with Gasteiger partial charge in [0.1, 0.15) is 0 Å². The molecule has 3 rings (SSSR count). The Kier molecular flexibility index (Phi) is 6.96. The van der Waals surface area contributed by atoms with Crippen LogP contribution < -0.4 is 16.2 Å². The average molecular weight is 440 g/mol. The SMILES string of the molecule is CC(C)(C)C(=O)NCC(=O)NNC(=O)c1ccc(CSc2nc3ccccc3[nH]2)cc1. The molecule has 3 aromatic rings. The summed E-state index contributed by atoms with van der Waals surface area (Å²) in [4.78, 5) is 43.6. The number of thioether (sulfide) groups is 1. The number of hydrazine groups is 1. The third-order valence-electron chi connectivity index (χ3n) is 4.37. The number of nitrogens with one attached hydrogen (secondary N) is 4. The highest BCUT2D eigenvalue weighted by Crippen LogP contribution is 2.23. The van der Waals surface area contributed by atoms with Crippen LogP contribution in [0.5, 0.6) is 0 Å². The van der Waals surface area contributed by atoms with Crippen molar-refractivity contribution in [3.63, 3.8) is 0 Å². The van der Waals surface area contributed by atoms with E-state index in [1.54, 1.807) is 44.7 Å². The highest BCUT2D eigenvalue weighted by atomic mass is 32.2. The van der Waals surface area contributed by atoms with Crippen LogP contribution in [-0.4, -0.2) is 34.2 Å². The lowest BCUT2D eigenvalue weighted by Crippen LogP contribution is -2.47. The molecule has 0 unspecified atom stereocenters. The summed E-state index contributed by atoms with van der Waals surface area (Å²) in [6.45, 7) is 5.04. The monoisotopic (exact) mass is 439 g/mol. The Labute approximate surface area is 184 Å². The van der Waals surface area contributed by atoms with E-state index < -0.39 is 17.2 Å². The summed E-state index contributed by atoms with van der Waals surface area (Å²) in [5, 5.41) is 3.35. The molecule has 0 atom stereocenters. The zero-order valence-electron chi connectivity index (χ0n) is 17.6. The number of H-pyrrole nitrogens is 1. The van der Waals surface area contributed by atoms with Crippen LogP contribution in [-0.2, 0) is 15.3 Å². The lowest BCUT2D eigenvalue weighted by Gasteiger charge is -2.17. The van der Waals surface area contributed by atoms with Crippen molar-refractivity contribution in [3.05, 3.63) is 59.7 Å². The van der Waals surface area contributed by atoms with E-state index in [1.807, 2.05) is 36.4 Å². The van der Waals surface area contributed by atoms with E-state index >= 15 is 0 Å². The minimum absolute atomic E-state index is 0.214. The molecule has 0 aliphatic heterocycles. The van der Waals surface area contributed by atoms with E-state index in [1.165, 1.54) is 0 Å². The van der Waals surface area contributed by atoms with Crippen LogP contribution in [0.1, 0.15) is 36.7 Å². The summed E-state index contributed by atoms with van der Waals surface area (Å²) in [6.07, 6.45) is 0. The lowest BCUT2D eigenvalue weighted by molar-refractivity contribution is -0.131. The predicted molar refractivity (Wildman–Crippen MR) is 120 cm³/mol. The molecule has 162 valence electrons. The third kappa shape index (κ3) is 6.32. The van der Waals surface area contributed by atoms with Gasteiger partial charge in [-0.25, -0.2) is 4.98 Å². The van der Waals surface area contributed by atoms with E-state index in [0.717, 1.165) is 21.8 Å². The first kappa shape index (κ1) is 22.4. The fourth-order valence-corrected chi connectivity index (χ4v) is 3.41. The molecule has 9 heteroatoms. The van der Waals surface area contributed by atoms with Gasteiger partial charge in [0.15, 0.2) is 5.16 Å². The molecule has 0 spiro atoms. The van der Waals surface area contributed by atoms with Gasteiger partial charge in [0.2, 0.25) is 5.91 Å². The number of rotatable bonds is 6. The van der Waals surface area contributed by atoms with Crippen molar-refractivity contribution >= 4 is 40.5 Å². The standard InChI is InChI=1S/C22H25N5O3S/c1-22(2,3)20(30)23-12-18(28)26-27-19(29)15-10-8-14(9-11-15)13-31-21-24-16-6-4-5-7-17(16)25-21/h4-11H,12-13H2,1-3H3,(H,23,30)(H,24,25)(H,26,28)(H,27,29). The maximum Gasteiger partial charge on any atom is 0.269 e. The second-order valence-corrected chi connectivity index (χ2v) is 8.94. The molecule has 1 aromatic heterocycles. The van der Waals surface area contributed by atoms with Gasteiger partial charge in [-0.2, -0.15) is 0 Å². The van der Waals surface area contributed by atoms with Gasteiger partial charge in [-0.1, -0.05) is 56.8 Å². The Balaban J connectivity index is 1.45. The van der Waals surface area contributed by atoms with Gasteiger partial charge in [0, 0.05) is 16.7 Å². The quantitative estimate of drug-likeness (QED) is 0.348. The molecule has 0 aliphatic rings. The van der Waals surface area contributed by atoms with E-state index in [4.69, 9.17) is 0 Å². The van der Waals surface area contributed by atoms with Crippen LogP contribution in [0, 0.1) is 5.41 Å². The maximum absolute atomic E-state index is 12.2. The van der Waals surface area contributed by atoms with Crippen molar-refractivity contribution in [2.24, 2.45) is 5.41 Å². The minimum atomic E-state index is -0.589. The summed E-state index contributed by atoms with van der Waals surface area (Å²) < 4.78 is 0. The van der Waals surface area contributed by atoms with Crippen molar-refractivity contribution in [2.45, 2.75) is 31.7 Å². The highest BCUT2D eigenvalue weighted by molar-refractivity contribution is 7.98. The smallest absolute Gasteiger partial charge is 0.269 e. The van der Waals surface area contributed by atoms with Crippen LogP contribution in [0.25, 0.3) is 11.0 Å². The molecule has 0 fully saturated rings. The number of imidazole rings is 1. The van der Waals surface area contributed by atoms with E-state index in [0.29, 0.717) is 11.3 Å². The van der Waals surface area contributed by atoms with Gasteiger partial charge in [-0.15, -0.1) is 0 Å². The average Bonchev–Trinajstić information content (AvgIpc) is 3.17. The number of para-hydroxylation sites is 2. The topological polar surface area (TPSA) is 116 Å². The first-order valence-corrected chi connectivity index (χ1v) is 10.7. The molecule has 4 N–H and O–H groups in total. The number of carbonyl (C=O) groups excluding carboxylic acids is 3. The van der Waals surface area contributed by atoms with Crippen molar-refractivity contribution in [1.29, 1.82) is 0 Å². The van der Waals surface area contributed by atoms with Crippen LogP contribution in [0.15, 0.2) is 53.7 Å². The van der Waals surface area contributed by atoms with Crippen LogP contribution in [0.3, 0.4) is 0 Å². The number of hydrogen-bond acceptors (Lipinski definition) is 5. The van der Waals surface area contributed by atoms with E-state index in [9.17, 15) is 14.4 Å². The second-order valence-electron chi connectivity index (χ2n) is 7.98. The maximum atomic E-state index is 12.2. The fraction of sp³-hybridized carbons (Fsp3) is 0.273. The van der Waals surface area contributed by atoms with Gasteiger partial charge in [-0.05, 0) is 29.8 Å². The number of carbonyl (C=O) groups is 3. The van der Waals surface area contributed by atoms with E-state index in [-0.39, 0.29) is 12.5 Å².